The molecule has 2 amide bonds. The number of hydrogen-bond donors (Lipinski definition) is 2. The third kappa shape index (κ3) is 2.28. The molecule has 0 bridgehead atoms. The quantitative estimate of drug-likeness (QED) is 0.449. The molecule has 12 nitrogen and oxygen atoms in total. The van der Waals surface area contributed by atoms with Crippen LogP contribution in [0, 0.1) is 27.2 Å². The number of carbonyl (C=O) groups excluding carboxylic acids is 2. The lowest BCUT2D eigenvalue weighted by Crippen LogP contribution is -2.25. The number of nitrogen functional groups attached to an aromatic ring is 1. The Balaban J connectivity index is 2.42. The van der Waals surface area contributed by atoms with Crippen molar-refractivity contribution in [2.75, 3.05) is 5.73 Å². The van der Waals surface area contributed by atoms with E-state index in [0.717, 1.165) is 22.8 Å². The molecular weight excluding hydrogens is 350 g/mol. The zero-order valence-corrected chi connectivity index (χ0v) is 13.0. The van der Waals surface area contributed by atoms with Gasteiger partial charge in [0.2, 0.25) is 0 Å². The fraction of sp³-hybridized carbons (Fsp3) is 0.0714. The van der Waals surface area contributed by atoms with Gasteiger partial charge in [0.25, 0.3) is 28.7 Å². The van der Waals surface area contributed by atoms with Crippen molar-refractivity contribution in [3.8, 4) is 5.69 Å². The van der Waals surface area contributed by atoms with Crippen molar-refractivity contribution in [1.29, 1.82) is 0 Å². The highest BCUT2D eigenvalue weighted by Gasteiger charge is 2.33. The van der Waals surface area contributed by atoms with Gasteiger partial charge >= 0.3 is 0 Å². The number of aromatic nitrogens is 1. The van der Waals surface area contributed by atoms with Crippen molar-refractivity contribution in [1.82, 2.24) is 9.88 Å². The molecule has 0 spiro atoms. The molecule has 2 heterocycles. The van der Waals surface area contributed by atoms with E-state index in [-0.39, 0.29) is 22.4 Å². The minimum Gasteiger partial charge on any atom is -0.384 e. The van der Waals surface area contributed by atoms with Crippen LogP contribution in [-0.2, 0) is 0 Å². The van der Waals surface area contributed by atoms with Gasteiger partial charge in [-0.15, -0.1) is 0 Å². The van der Waals surface area contributed by atoms with E-state index in [2.05, 4.69) is 0 Å². The maximum Gasteiger partial charge on any atom is 0.281 e. The zero-order valence-electron chi connectivity index (χ0n) is 13.0. The molecule has 3 rings (SSSR count). The summed E-state index contributed by atoms with van der Waals surface area (Å²) in [6, 6.07) is 2.53. The Morgan fingerprint density at radius 2 is 1.69 bits per heavy atom. The number of nitro benzene ring substituents is 2. The SMILES string of the molecule is Cc1c(-n2c(N)c3c(cc2=O)C(=O)NC3=O)cc([N+](=O)[O-])cc1[N+](=O)[O-]. The second-order valence-electron chi connectivity index (χ2n) is 5.40. The second kappa shape index (κ2) is 5.47. The third-order valence-corrected chi connectivity index (χ3v) is 3.94. The number of nitrogens with two attached hydrogens (primary N) is 1. The normalized spacial score (nSPS) is 12.7. The van der Waals surface area contributed by atoms with Gasteiger partial charge in [-0.25, -0.2) is 0 Å². The molecule has 0 fully saturated rings. The summed E-state index contributed by atoms with van der Waals surface area (Å²) in [5.74, 6) is -2.09. The Hall–Kier alpha value is -4.09. The van der Waals surface area contributed by atoms with Crippen molar-refractivity contribution >= 4 is 29.0 Å². The van der Waals surface area contributed by atoms with E-state index in [9.17, 15) is 34.6 Å². The third-order valence-electron chi connectivity index (χ3n) is 3.94. The highest BCUT2D eigenvalue weighted by atomic mass is 16.6. The number of non-ortho nitro benzene ring substituents is 1. The summed E-state index contributed by atoms with van der Waals surface area (Å²) in [4.78, 5) is 56.5. The largest absolute Gasteiger partial charge is 0.384 e. The maximum atomic E-state index is 12.4. The van der Waals surface area contributed by atoms with Gasteiger partial charge in [0.1, 0.15) is 5.82 Å². The molecule has 1 aromatic heterocycles. The van der Waals surface area contributed by atoms with E-state index in [1.165, 1.54) is 6.92 Å². The first kappa shape index (κ1) is 16.8. The second-order valence-corrected chi connectivity index (χ2v) is 5.40. The van der Waals surface area contributed by atoms with Crippen LogP contribution in [0.3, 0.4) is 0 Å². The van der Waals surface area contributed by atoms with Crippen LogP contribution in [-0.4, -0.2) is 26.2 Å². The number of anilines is 1. The molecule has 26 heavy (non-hydrogen) atoms. The van der Waals surface area contributed by atoms with Crippen LogP contribution in [0.4, 0.5) is 17.2 Å². The zero-order chi connectivity index (χ0) is 19.3. The predicted octanol–water partition coefficient (Wildman–Crippen LogP) is 0.428. The summed E-state index contributed by atoms with van der Waals surface area (Å²) in [6.07, 6.45) is 0. The average Bonchev–Trinajstić information content (AvgIpc) is 2.82. The van der Waals surface area contributed by atoms with Gasteiger partial charge in [-0.3, -0.25) is 44.5 Å². The Morgan fingerprint density at radius 1 is 1.04 bits per heavy atom. The van der Waals surface area contributed by atoms with Crippen LogP contribution < -0.4 is 16.6 Å². The summed E-state index contributed by atoms with van der Waals surface area (Å²) in [6.45, 7) is 1.28. The van der Waals surface area contributed by atoms with Gasteiger partial charge < -0.3 is 5.73 Å². The van der Waals surface area contributed by atoms with Crippen LogP contribution in [0.25, 0.3) is 5.69 Å². The van der Waals surface area contributed by atoms with Gasteiger partial charge in [0, 0.05) is 12.1 Å². The van der Waals surface area contributed by atoms with Gasteiger partial charge in [-0.1, -0.05) is 0 Å². The highest BCUT2D eigenvalue weighted by molar-refractivity contribution is 6.23. The molecular formula is C14H9N5O7. The molecule has 1 aliphatic rings. The molecule has 1 aromatic carbocycles. The lowest BCUT2D eigenvalue weighted by molar-refractivity contribution is -0.394. The Kier molecular flexibility index (Phi) is 3.53. The van der Waals surface area contributed by atoms with Gasteiger partial charge in [-0.05, 0) is 6.92 Å². The van der Waals surface area contributed by atoms with Crippen LogP contribution in [0.1, 0.15) is 26.3 Å². The number of carbonyl (C=O) groups is 2. The lowest BCUT2D eigenvalue weighted by atomic mass is 10.1. The minimum atomic E-state index is -0.871. The Morgan fingerprint density at radius 3 is 2.27 bits per heavy atom. The average molecular weight is 359 g/mol. The van der Waals surface area contributed by atoms with Crippen molar-refractivity contribution in [3.63, 3.8) is 0 Å². The number of nitro groups is 2. The van der Waals surface area contributed by atoms with E-state index in [4.69, 9.17) is 5.73 Å². The first-order valence-corrected chi connectivity index (χ1v) is 6.98. The van der Waals surface area contributed by atoms with E-state index in [0.29, 0.717) is 0 Å². The molecule has 0 radical (unpaired) electrons. The van der Waals surface area contributed by atoms with Crippen LogP contribution in [0.15, 0.2) is 23.0 Å². The number of fused-ring (bicyclic) bond motifs is 1. The minimum absolute atomic E-state index is 0.0703. The number of amides is 2. The summed E-state index contributed by atoms with van der Waals surface area (Å²) in [5, 5.41) is 24.2. The standard InChI is InChI=1S/C14H9N5O7/c1-5-8(2-6(18(23)24)3-9(5)19(25)26)17-10(20)4-7-11(12(17)15)14(22)16-13(7)21/h2-4H,15H2,1H3,(H,16,21,22). The molecule has 3 N–H and O–H groups in total. The van der Waals surface area contributed by atoms with Gasteiger partial charge in [0.15, 0.2) is 0 Å². The number of benzene rings is 1. The van der Waals surface area contributed by atoms with E-state index >= 15 is 0 Å². The lowest BCUT2D eigenvalue weighted by Gasteiger charge is -2.14. The number of rotatable bonds is 3. The molecule has 0 atom stereocenters. The summed E-state index contributed by atoms with van der Waals surface area (Å²) in [5.41, 5.74) is 2.94. The molecule has 132 valence electrons. The van der Waals surface area contributed by atoms with Crippen LogP contribution >= 0.6 is 0 Å². The van der Waals surface area contributed by atoms with Crippen molar-refractivity contribution in [3.05, 3.63) is 65.5 Å². The summed E-state index contributed by atoms with van der Waals surface area (Å²) in [7, 11) is 0. The summed E-state index contributed by atoms with van der Waals surface area (Å²) >= 11 is 0. The smallest absolute Gasteiger partial charge is 0.281 e. The highest BCUT2D eigenvalue weighted by Crippen LogP contribution is 2.32. The van der Waals surface area contributed by atoms with E-state index < -0.39 is 44.4 Å². The maximum absolute atomic E-state index is 12.4. The van der Waals surface area contributed by atoms with Crippen LogP contribution in [0.2, 0.25) is 0 Å². The molecule has 12 heteroatoms. The number of nitrogens with zero attached hydrogens (tertiary/aromatic N) is 3. The first-order chi connectivity index (χ1) is 12.1. The summed E-state index contributed by atoms with van der Waals surface area (Å²) < 4.78 is 0.729. The molecule has 0 saturated heterocycles. The number of nitrogens with one attached hydrogen (secondary N) is 1. The van der Waals surface area contributed by atoms with Crippen molar-refractivity contribution < 1.29 is 19.4 Å². The molecule has 0 saturated carbocycles. The number of pyridine rings is 1. The molecule has 0 unspecified atom stereocenters. The number of hydrogen-bond acceptors (Lipinski definition) is 8. The van der Waals surface area contributed by atoms with Gasteiger partial charge in [0.05, 0.1) is 38.3 Å². The molecule has 2 aromatic rings. The topological polar surface area (TPSA) is 180 Å². The molecule has 1 aliphatic heterocycles. The fourth-order valence-electron chi connectivity index (χ4n) is 2.72. The molecule has 0 aliphatic carbocycles. The van der Waals surface area contributed by atoms with E-state index in [1.807, 2.05) is 5.32 Å². The van der Waals surface area contributed by atoms with Gasteiger partial charge in [-0.2, -0.15) is 0 Å². The predicted molar refractivity (Wildman–Crippen MR) is 86.3 cm³/mol. The monoisotopic (exact) mass is 359 g/mol. The van der Waals surface area contributed by atoms with Crippen molar-refractivity contribution in [2.45, 2.75) is 6.92 Å². The number of imide groups is 1. The van der Waals surface area contributed by atoms with E-state index in [1.54, 1.807) is 0 Å². The Labute approximate surface area is 143 Å². The van der Waals surface area contributed by atoms with Crippen molar-refractivity contribution in [2.24, 2.45) is 0 Å². The fourth-order valence-corrected chi connectivity index (χ4v) is 2.72. The van der Waals surface area contributed by atoms with Crippen LogP contribution in [0.5, 0.6) is 0 Å². The Bertz CT molecular complexity index is 1100. The first-order valence-electron chi connectivity index (χ1n) is 6.98.